The van der Waals surface area contributed by atoms with E-state index in [0.29, 0.717) is 16.7 Å². The Bertz CT molecular complexity index is 633. The normalized spacial score (nSPS) is 52.3. The molecule has 30 heavy (non-hydrogen) atoms. The molecule has 2 N–H and O–H groups in total. The first-order valence-electron chi connectivity index (χ1n) is 13.2. The van der Waals surface area contributed by atoms with Crippen LogP contribution in [0.15, 0.2) is 0 Å². The average molecular weight is 419 g/mol. The van der Waals surface area contributed by atoms with Crippen molar-refractivity contribution < 1.29 is 10.2 Å². The monoisotopic (exact) mass is 418 g/mol. The summed E-state index contributed by atoms with van der Waals surface area (Å²) in [5.41, 5.74) is -0.0297. The smallest absolute Gasteiger partial charge is 0.0623 e. The van der Waals surface area contributed by atoms with Gasteiger partial charge in [0.2, 0.25) is 0 Å². The van der Waals surface area contributed by atoms with Crippen LogP contribution in [0.1, 0.15) is 113 Å². The molecule has 4 aliphatic carbocycles. The highest BCUT2D eigenvalue weighted by Crippen LogP contribution is 2.69. The van der Waals surface area contributed by atoms with E-state index in [1.807, 2.05) is 13.8 Å². The summed E-state index contributed by atoms with van der Waals surface area (Å²) in [6, 6.07) is 0. The zero-order chi connectivity index (χ0) is 22.1. The lowest BCUT2D eigenvalue weighted by Gasteiger charge is -2.64. The minimum Gasteiger partial charge on any atom is -0.390 e. The van der Waals surface area contributed by atoms with Gasteiger partial charge in [0.1, 0.15) is 0 Å². The number of rotatable bonds is 4. The third kappa shape index (κ3) is 3.81. The molecule has 0 aromatic rings. The highest BCUT2D eigenvalue weighted by atomic mass is 16.3. The molecule has 0 bridgehead atoms. The number of hydrogen-bond acceptors (Lipinski definition) is 2. The van der Waals surface area contributed by atoms with Crippen molar-refractivity contribution in [3.8, 4) is 0 Å². The molecule has 0 aliphatic heterocycles. The number of hydrogen-bond donors (Lipinski definition) is 2. The summed E-state index contributed by atoms with van der Waals surface area (Å²) in [7, 11) is 0. The van der Waals surface area contributed by atoms with E-state index in [-0.39, 0.29) is 0 Å². The SMILES string of the molecule is C[C@@H]1C[C@@H]2[C@H](CC[C@]3(C)[C@@H]([C@H](C)CCC(C)(C)O)CC[C@@H]23)[C@@]2(C)CC[C@](C)(O)C[C@H]12. The standard InChI is InChI=1S/C28H50O2/c1-18(10-12-25(3,4)29)21-8-9-22-20-16-19(2)24-17-26(5,30)14-15-28(24,7)23(20)11-13-27(21,22)6/h18-24,29-30H,8-17H2,1-7H3/t18-,19-,20+,21-,22+,23+,24-,26+,27-,28-/m1/s1. The third-order valence-electron chi connectivity index (χ3n) is 11.3. The van der Waals surface area contributed by atoms with Gasteiger partial charge >= 0.3 is 0 Å². The van der Waals surface area contributed by atoms with Gasteiger partial charge in [0.25, 0.3) is 0 Å². The van der Waals surface area contributed by atoms with Gasteiger partial charge in [-0.2, -0.15) is 0 Å². The maximum atomic E-state index is 10.8. The topological polar surface area (TPSA) is 40.5 Å². The maximum absolute atomic E-state index is 10.8. The van der Waals surface area contributed by atoms with Gasteiger partial charge in [-0.3, -0.25) is 0 Å². The molecular formula is C28H50O2. The predicted octanol–water partition coefficient (Wildman–Crippen LogP) is 6.83. The highest BCUT2D eigenvalue weighted by Gasteiger charge is 2.62. The summed E-state index contributed by atoms with van der Waals surface area (Å²) in [5.74, 6) is 5.67. The van der Waals surface area contributed by atoms with Gasteiger partial charge in [0.15, 0.2) is 0 Å². The molecule has 2 heteroatoms. The molecule has 10 atom stereocenters. The van der Waals surface area contributed by atoms with Crippen LogP contribution >= 0.6 is 0 Å². The van der Waals surface area contributed by atoms with Gasteiger partial charge in [-0.25, -0.2) is 0 Å². The van der Waals surface area contributed by atoms with Crippen LogP contribution in [0, 0.1) is 52.3 Å². The molecule has 4 fully saturated rings. The average Bonchev–Trinajstić information content (AvgIpc) is 2.98. The zero-order valence-corrected chi connectivity index (χ0v) is 21.0. The van der Waals surface area contributed by atoms with Crippen molar-refractivity contribution >= 4 is 0 Å². The van der Waals surface area contributed by atoms with Crippen molar-refractivity contribution in [1.29, 1.82) is 0 Å². The Kier molecular flexibility index (Phi) is 5.75. The van der Waals surface area contributed by atoms with Crippen molar-refractivity contribution in [2.75, 3.05) is 0 Å². The Hall–Kier alpha value is -0.0800. The van der Waals surface area contributed by atoms with Gasteiger partial charge in [0.05, 0.1) is 11.2 Å². The second-order valence-electron chi connectivity index (χ2n) is 14.0. The van der Waals surface area contributed by atoms with E-state index in [4.69, 9.17) is 0 Å². The summed E-state index contributed by atoms with van der Waals surface area (Å²) in [5, 5.41) is 21.1. The molecule has 4 rings (SSSR count). The van der Waals surface area contributed by atoms with Gasteiger partial charge < -0.3 is 10.2 Å². The first-order chi connectivity index (χ1) is 13.8. The maximum Gasteiger partial charge on any atom is 0.0623 e. The molecule has 0 amide bonds. The Morgan fingerprint density at radius 3 is 2.27 bits per heavy atom. The van der Waals surface area contributed by atoms with Crippen LogP contribution in [-0.2, 0) is 0 Å². The minimum atomic E-state index is -0.532. The Labute approximate surface area is 186 Å². The second kappa shape index (κ2) is 7.47. The van der Waals surface area contributed by atoms with Crippen molar-refractivity contribution in [3.63, 3.8) is 0 Å². The van der Waals surface area contributed by atoms with Crippen molar-refractivity contribution in [2.45, 2.75) is 124 Å². The molecule has 0 aromatic heterocycles. The summed E-state index contributed by atoms with van der Waals surface area (Å²) in [6.45, 7) is 16.3. The molecular weight excluding hydrogens is 368 g/mol. The molecule has 0 spiro atoms. The fourth-order valence-corrected chi connectivity index (χ4v) is 9.63. The summed E-state index contributed by atoms with van der Waals surface area (Å²) >= 11 is 0. The minimum absolute atomic E-state index is 0.441. The summed E-state index contributed by atoms with van der Waals surface area (Å²) < 4.78 is 0. The molecule has 2 nitrogen and oxygen atoms in total. The summed E-state index contributed by atoms with van der Waals surface area (Å²) in [6.07, 6.45) is 12.4. The molecule has 4 aliphatic rings. The lowest BCUT2D eigenvalue weighted by atomic mass is 9.42. The zero-order valence-electron chi connectivity index (χ0n) is 21.0. The van der Waals surface area contributed by atoms with Gasteiger partial charge in [-0.05, 0) is 137 Å². The van der Waals surface area contributed by atoms with Crippen molar-refractivity contribution in [3.05, 3.63) is 0 Å². The largest absolute Gasteiger partial charge is 0.390 e. The van der Waals surface area contributed by atoms with Crippen LogP contribution in [0.5, 0.6) is 0 Å². The van der Waals surface area contributed by atoms with Gasteiger partial charge in [-0.1, -0.05) is 27.7 Å². The molecule has 0 radical (unpaired) electrons. The van der Waals surface area contributed by atoms with Crippen molar-refractivity contribution in [2.24, 2.45) is 52.3 Å². The Balaban J connectivity index is 1.53. The van der Waals surface area contributed by atoms with E-state index in [1.165, 1.54) is 38.5 Å². The number of aliphatic hydroxyl groups is 2. The molecule has 0 heterocycles. The molecule has 4 saturated carbocycles. The van der Waals surface area contributed by atoms with Crippen LogP contribution < -0.4 is 0 Å². The van der Waals surface area contributed by atoms with E-state index in [2.05, 4.69) is 34.6 Å². The Morgan fingerprint density at radius 2 is 1.60 bits per heavy atom. The van der Waals surface area contributed by atoms with Crippen LogP contribution in [-0.4, -0.2) is 21.4 Å². The summed E-state index contributed by atoms with van der Waals surface area (Å²) in [4.78, 5) is 0. The fourth-order valence-electron chi connectivity index (χ4n) is 9.63. The predicted molar refractivity (Wildman–Crippen MR) is 125 cm³/mol. The molecule has 0 aromatic carbocycles. The first-order valence-corrected chi connectivity index (χ1v) is 13.2. The fraction of sp³-hybridized carbons (Fsp3) is 1.00. The molecule has 0 saturated heterocycles. The van der Waals surface area contributed by atoms with E-state index in [1.54, 1.807) is 0 Å². The van der Waals surface area contributed by atoms with Crippen LogP contribution in [0.25, 0.3) is 0 Å². The van der Waals surface area contributed by atoms with Crippen molar-refractivity contribution in [1.82, 2.24) is 0 Å². The Morgan fingerprint density at radius 1 is 0.933 bits per heavy atom. The lowest BCUT2D eigenvalue weighted by molar-refractivity contribution is -0.166. The first kappa shape index (κ1) is 23.1. The van der Waals surface area contributed by atoms with E-state index in [0.717, 1.165) is 61.2 Å². The van der Waals surface area contributed by atoms with Gasteiger partial charge in [-0.15, -0.1) is 0 Å². The second-order valence-corrected chi connectivity index (χ2v) is 14.0. The number of fused-ring (bicyclic) bond motifs is 5. The van der Waals surface area contributed by atoms with Crippen LogP contribution in [0.2, 0.25) is 0 Å². The molecule has 174 valence electrons. The van der Waals surface area contributed by atoms with E-state index >= 15 is 0 Å². The van der Waals surface area contributed by atoms with E-state index < -0.39 is 11.2 Å². The third-order valence-corrected chi connectivity index (χ3v) is 11.3. The molecule has 0 unspecified atom stereocenters. The lowest BCUT2D eigenvalue weighted by Crippen LogP contribution is -2.57. The quantitative estimate of drug-likeness (QED) is 0.525. The highest BCUT2D eigenvalue weighted by molar-refractivity contribution is 5.11. The van der Waals surface area contributed by atoms with E-state index in [9.17, 15) is 10.2 Å². The van der Waals surface area contributed by atoms with Crippen LogP contribution in [0.3, 0.4) is 0 Å². The van der Waals surface area contributed by atoms with Crippen LogP contribution in [0.4, 0.5) is 0 Å². The van der Waals surface area contributed by atoms with Gasteiger partial charge in [0, 0.05) is 0 Å².